The third kappa shape index (κ3) is 2.76. The molecule has 2 rings (SSSR count). The number of nitrogens with zero attached hydrogens (tertiary/aromatic N) is 4. The maximum Gasteiger partial charge on any atom is 0.146 e. The highest BCUT2D eigenvalue weighted by Gasteiger charge is 2.11. The van der Waals surface area contributed by atoms with Crippen LogP contribution in [0.25, 0.3) is 0 Å². The number of hydrogen-bond acceptors (Lipinski definition) is 4. The molecule has 0 bridgehead atoms. The van der Waals surface area contributed by atoms with E-state index in [0.29, 0.717) is 0 Å². The summed E-state index contributed by atoms with van der Waals surface area (Å²) < 4.78 is 2.11. The minimum absolute atomic E-state index is 0.926. The summed E-state index contributed by atoms with van der Waals surface area (Å²) in [5, 5.41) is 11.5. The quantitative estimate of drug-likeness (QED) is 0.766. The topological polar surface area (TPSA) is 46.0 Å². The predicted octanol–water partition coefficient (Wildman–Crippen LogP) is 0.0933. The van der Waals surface area contributed by atoms with Crippen LogP contribution >= 0.6 is 0 Å². The van der Waals surface area contributed by atoms with Crippen LogP contribution in [0.15, 0.2) is 6.33 Å². The van der Waals surface area contributed by atoms with Gasteiger partial charge in [0.25, 0.3) is 0 Å². The summed E-state index contributed by atoms with van der Waals surface area (Å²) in [6.07, 6.45) is 3.03. The van der Waals surface area contributed by atoms with Gasteiger partial charge in [0.15, 0.2) is 0 Å². The van der Waals surface area contributed by atoms with E-state index in [9.17, 15) is 0 Å². The molecule has 2 heterocycles. The van der Waals surface area contributed by atoms with E-state index < -0.39 is 0 Å². The van der Waals surface area contributed by atoms with Gasteiger partial charge in [-0.1, -0.05) is 0 Å². The van der Waals surface area contributed by atoms with Gasteiger partial charge in [-0.05, 0) is 26.4 Å². The number of aromatic nitrogens is 3. The van der Waals surface area contributed by atoms with Gasteiger partial charge in [0.05, 0.1) is 6.54 Å². The largest absolute Gasteiger partial charge is 0.317 e. The average molecular weight is 209 g/mol. The zero-order valence-electron chi connectivity index (χ0n) is 9.32. The summed E-state index contributed by atoms with van der Waals surface area (Å²) in [5.74, 6) is 1.08. The zero-order valence-corrected chi connectivity index (χ0v) is 9.32. The van der Waals surface area contributed by atoms with Crippen molar-refractivity contribution in [1.82, 2.24) is 25.0 Å². The van der Waals surface area contributed by atoms with Crippen LogP contribution in [-0.2, 0) is 13.1 Å². The molecule has 0 aromatic carbocycles. The maximum atomic E-state index is 4.16. The second-order valence-corrected chi connectivity index (χ2v) is 3.91. The predicted molar refractivity (Wildman–Crippen MR) is 58.5 cm³/mol. The molecule has 0 aliphatic carbocycles. The molecule has 1 saturated heterocycles. The molecule has 0 radical (unpaired) electrons. The first-order valence-corrected chi connectivity index (χ1v) is 5.70. The lowest BCUT2D eigenvalue weighted by molar-refractivity contribution is 0.273. The van der Waals surface area contributed by atoms with Gasteiger partial charge in [-0.25, -0.2) is 0 Å². The highest BCUT2D eigenvalue weighted by atomic mass is 15.3. The number of aryl methyl sites for hydroxylation is 1. The van der Waals surface area contributed by atoms with Crippen molar-refractivity contribution in [1.29, 1.82) is 0 Å². The van der Waals surface area contributed by atoms with Crippen LogP contribution in [0.3, 0.4) is 0 Å². The minimum atomic E-state index is 0.926. The number of hydrogen-bond donors (Lipinski definition) is 1. The van der Waals surface area contributed by atoms with Gasteiger partial charge >= 0.3 is 0 Å². The molecule has 1 aromatic heterocycles. The van der Waals surface area contributed by atoms with Crippen LogP contribution < -0.4 is 5.32 Å². The molecule has 5 heteroatoms. The highest BCUT2D eigenvalue weighted by molar-refractivity contribution is 4.86. The van der Waals surface area contributed by atoms with Crippen molar-refractivity contribution in [2.75, 3.05) is 26.2 Å². The Bertz CT molecular complexity index is 288. The third-order valence-corrected chi connectivity index (χ3v) is 2.83. The molecular formula is C10H19N5. The van der Waals surface area contributed by atoms with E-state index >= 15 is 0 Å². The van der Waals surface area contributed by atoms with Crippen molar-refractivity contribution in [3.63, 3.8) is 0 Å². The molecule has 1 N–H and O–H groups in total. The standard InChI is InChI=1S/C10H19N5/c1-2-15-9-12-13-10(15)8-14-6-3-4-11-5-7-14/h9,11H,2-8H2,1H3. The molecule has 84 valence electrons. The fourth-order valence-corrected chi connectivity index (χ4v) is 1.93. The second-order valence-electron chi connectivity index (χ2n) is 3.91. The van der Waals surface area contributed by atoms with Gasteiger partial charge in [-0.2, -0.15) is 0 Å². The van der Waals surface area contributed by atoms with Crippen LogP contribution in [0.5, 0.6) is 0 Å². The Morgan fingerprint density at radius 3 is 3.20 bits per heavy atom. The maximum absolute atomic E-state index is 4.16. The molecule has 15 heavy (non-hydrogen) atoms. The first kappa shape index (κ1) is 10.6. The van der Waals surface area contributed by atoms with E-state index in [4.69, 9.17) is 0 Å². The molecule has 5 nitrogen and oxygen atoms in total. The molecule has 1 aromatic rings. The SMILES string of the molecule is CCn1cnnc1CN1CCCNCC1. The summed E-state index contributed by atoms with van der Waals surface area (Å²) in [7, 11) is 0. The van der Waals surface area contributed by atoms with E-state index in [1.807, 2.05) is 6.33 Å². The van der Waals surface area contributed by atoms with Gasteiger partial charge in [0, 0.05) is 19.6 Å². The molecule has 0 unspecified atom stereocenters. The van der Waals surface area contributed by atoms with Crippen LogP contribution in [0.2, 0.25) is 0 Å². The molecule has 0 saturated carbocycles. The lowest BCUT2D eigenvalue weighted by Crippen LogP contribution is -2.28. The normalized spacial score (nSPS) is 19.0. The van der Waals surface area contributed by atoms with Crippen LogP contribution in [0.1, 0.15) is 19.2 Å². The smallest absolute Gasteiger partial charge is 0.146 e. The van der Waals surface area contributed by atoms with Crippen LogP contribution in [-0.4, -0.2) is 45.8 Å². The lowest BCUT2D eigenvalue weighted by atomic mass is 10.4. The Morgan fingerprint density at radius 1 is 1.40 bits per heavy atom. The molecule has 0 atom stereocenters. The van der Waals surface area contributed by atoms with E-state index in [0.717, 1.165) is 45.1 Å². The van der Waals surface area contributed by atoms with Gasteiger partial charge in [0.2, 0.25) is 0 Å². The van der Waals surface area contributed by atoms with Crippen molar-refractivity contribution >= 4 is 0 Å². The van der Waals surface area contributed by atoms with Gasteiger partial charge < -0.3 is 9.88 Å². The van der Waals surface area contributed by atoms with E-state index in [-0.39, 0.29) is 0 Å². The van der Waals surface area contributed by atoms with Gasteiger partial charge in [-0.15, -0.1) is 10.2 Å². The minimum Gasteiger partial charge on any atom is -0.317 e. The van der Waals surface area contributed by atoms with Crippen LogP contribution in [0.4, 0.5) is 0 Å². The van der Waals surface area contributed by atoms with Gasteiger partial charge in [0.1, 0.15) is 12.2 Å². The molecule has 1 aliphatic heterocycles. The molecule has 1 aliphatic rings. The number of nitrogens with one attached hydrogen (secondary N) is 1. The molecule has 1 fully saturated rings. The fraction of sp³-hybridized carbons (Fsp3) is 0.800. The first-order chi connectivity index (χ1) is 7.40. The van der Waals surface area contributed by atoms with Crippen molar-refractivity contribution in [2.24, 2.45) is 0 Å². The summed E-state index contributed by atoms with van der Waals surface area (Å²) in [6.45, 7) is 8.48. The summed E-state index contributed by atoms with van der Waals surface area (Å²) >= 11 is 0. The Labute approximate surface area is 90.5 Å². The summed E-state index contributed by atoms with van der Waals surface area (Å²) in [6, 6.07) is 0. The molecule has 0 spiro atoms. The lowest BCUT2D eigenvalue weighted by Gasteiger charge is -2.18. The summed E-state index contributed by atoms with van der Waals surface area (Å²) in [5.41, 5.74) is 0. The molecule has 0 amide bonds. The first-order valence-electron chi connectivity index (χ1n) is 5.70. The Kier molecular flexibility index (Phi) is 3.69. The number of rotatable bonds is 3. The summed E-state index contributed by atoms with van der Waals surface area (Å²) in [4.78, 5) is 2.44. The Hall–Kier alpha value is -0.940. The average Bonchev–Trinajstić information content (AvgIpc) is 2.53. The van der Waals surface area contributed by atoms with Crippen LogP contribution in [0, 0.1) is 0 Å². The zero-order chi connectivity index (χ0) is 10.5. The van der Waals surface area contributed by atoms with Crippen molar-refractivity contribution in [3.05, 3.63) is 12.2 Å². The van der Waals surface area contributed by atoms with E-state index in [2.05, 4.69) is 31.9 Å². The third-order valence-electron chi connectivity index (χ3n) is 2.83. The van der Waals surface area contributed by atoms with Crippen molar-refractivity contribution < 1.29 is 0 Å². The highest BCUT2D eigenvalue weighted by Crippen LogP contribution is 2.03. The van der Waals surface area contributed by atoms with Crippen molar-refractivity contribution in [2.45, 2.75) is 26.4 Å². The monoisotopic (exact) mass is 209 g/mol. The van der Waals surface area contributed by atoms with E-state index in [1.54, 1.807) is 0 Å². The second kappa shape index (κ2) is 5.23. The van der Waals surface area contributed by atoms with Crippen molar-refractivity contribution in [3.8, 4) is 0 Å². The molecular weight excluding hydrogens is 190 g/mol. The van der Waals surface area contributed by atoms with Gasteiger partial charge in [-0.3, -0.25) is 4.90 Å². The fourth-order valence-electron chi connectivity index (χ4n) is 1.93. The Balaban J connectivity index is 1.94. The Morgan fingerprint density at radius 2 is 2.33 bits per heavy atom. The van der Waals surface area contributed by atoms with E-state index in [1.165, 1.54) is 6.42 Å².